The fraction of sp³-hybridized carbons (Fsp3) is 0. The van der Waals surface area contributed by atoms with Crippen LogP contribution < -0.4 is 4.90 Å². The summed E-state index contributed by atoms with van der Waals surface area (Å²) in [6.07, 6.45) is 0. The Hall–Kier alpha value is -6.10. The summed E-state index contributed by atoms with van der Waals surface area (Å²) in [5.41, 5.74) is 6.91. The molecule has 0 fully saturated rings. The van der Waals surface area contributed by atoms with Crippen molar-refractivity contribution in [2.75, 3.05) is 4.90 Å². The molecule has 0 saturated carbocycles. The Labute approximate surface area is 278 Å². The van der Waals surface area contributed by atoms with Crippen molar-refractivity contribution >= 4 is 114 Å². The second-order valence-electron chi connectivity index (χ2n) is 12.5. The van der Waals surface area contributed by atoms with Gasteiger partial charge in [0, 0.05) is 70.2 Å². The topological polar surface area (TPSA) is 29.5 Å². The maximum Gasteiger partial charge on any atom is 0.143 e. The number of nitrogens with zero attached hydrogens (tertiary/aromatic N) is 1. The molecule has 224 valence electrons. The highest BCUT2D eigenvalue weighted by atomic mass is 32.1. The molecule has 0 bridgehead atoms. The first-order chi connectivity index (χ1) is 23.8. The minimum absolute atomic E-state index is 0.879. The normalized spacial score (nSPS) is 12.2. The number of anilines is 3. The SMILES string of the molecule is c1ccc(N(c2ccc3c(c2)oc2ccc4ccccc4c23)c2ccc3c(c2)sc2ccc4oc5c6ccccc6ccc5c4c23)cc1. The Bertz CT molecular complexity index is 3070. The van der Waals surface area contributed by atoms with Gasteiger partial charge in [0.2, 0.25) is 0 Å². The van der Waals surface area contributed by atoms with Crippen molar-refractivity contribution in [2.45, 2.75) is 0 Å². The molecule has 0 spiro atoms. The van der Waals surface area contributed by atoms with Crippen LogP contribution in [0.3, 0.4) is 0 Å². The largest absolute Gasteiger partial charge is 0.456 e. The molecule has 0 N–H and O–H groups in total. The average molecular weight is 632 g/mol. The molecule has 0 radical (unpaired) electrons. The summed E-state index contributed by atoms with van der Waals surface area (Å²) < 4.78 is 15.5. The van der Waals surface area contributed by atoms with Gasteiger partial charge in [-0.2, -0.15) is 0 Å². The molecule has 0 unspecified atom stereocenters. The highest BCUT2D eigenvalue weighted by molar-refractivity contribution is 7.26. The van der Waals surface area contributed by atoms with Crippen molar-refractivity contribution < 1.29 is 8.83 Å². The van der Waals surface area contributed by atoms with Gasteiger partial charge in [0.1, 0.15) is 22.3 Å². The lowest BCUT2D eigenvalue weighted by molar-refractivity contribution is 0.669. The minimum atomic E-state index is 0.879. The second-order valence-corrected chi connectivity index (χ2v) is 13.6. The summed E-state index contributed by atoms with van der Waals surface area (Å²) in [5, 5.41) is 11.9. The van der Waals surface area contributed by atoms with Crippen molar-refractivity contribution in [1.29, 1.82) is 0 Å². The van der Waals surface area contributed by atoms with Crippen LogP contribution in [0.2, 0.25) is 0 Å². The zero-order chi connectivity index (χ0) is 31.3. The van der Waals surface area contributed by atoms with E-state index in [1.807, 2.05) is 11.3 Å². The standard InChI is InChI=1S/C44H25NO2S/c1-2-10-28(11-3-1)45(29-16-19-33-38(24-29)46-36-21-15-26-8-4-6-12-31(26)41(33)36)30-17-20-34-40(25-30)48-39-23-22-37-42(43(34)39)35-18-14-27-9-5-7-13-32(27)44(35)47-37/h1-25H. The minimum Gasteiger partial charge on any atom is -0.456 e. The predicted molar refractivity (Wildman–Crippen MR) is 204 cm³/mol. The van der Waals surface area contributed by atoms with Gasteiger partial charge < -0.3 is 13.7 Å². The molecule has 0 saturated heterocycles. The summed E-state index contributed by atoms with van der Waals surface area (Å²) >= 11 is 1.83. The van der Waals surface area contributed by atoms with Gasteiger partial charge in [0.25, 0.3) is 0 Å². The van der Waals surface area contributed by atoms with E-state index in [1.54, 1.807) is 0 Å². The maximum atomic E-state index is 6.54. The molecular weight excluding hydrogens is 607 g/mol. The zero-order valence-electron chi connectivity index (χ0n) is 25.6. The van der Waals surface area contributed by atoms with Crippen LogP contribution in [-0.4, -0.2) is 0 Å². The van der Waals surface area contributed by atoms with E-state index < -0.39 is 0 Å². The molecule has 3 nitrogen and oxygen atoms in total. The van der Waals surface area contributed by atoms with Crippen molar-refractivity contribution in [3.8, 4) is 0 Å². The third kappa shape index (κ3) is 3.63. The Morgan fingerprint density at radius 1 is 0.375 bits per heavy atom. The highest BCUT2D eigenvalue weighted by Gasteiger charge is 2.20. The summed E-state index contributed by atoms with van der Waals surface area (Å²) in [4.78, 5) is 2.32. The smallest absolute Gasteiger partial charge is 0.143 e. The first-order valence-electron chi connectivity index (χ1n) is 16.2. The number of fused-ring (bicyclic) bond motifs is 14. The molecule has 3 aromatic heterocycles. The lowest BCUT2D eigenvalue weighted by Gasteiger charge is -2.25. The Morgan fingerprint density at radius 2 is 1.04 bits per heavy atom. The molecule has 0 amide bonds. The first kappa shape index (κ1) is 26.0. The van der Waals surface area contributed by atoms with Gasteiger partial charge >= 0.3 is 0 Å². The Kier molecular flexibility index (Phi) is 5.26. The van der Waals surface area contributed by atoms with Crippen LogP contribution in [0.25, 0.3) is 85.6 Å². The second kappa shape index (κ2) is 9.71. The molecular formula is C44H25NO2S. The fourth-order valence-corrected chi connectivity index (χ4v) is 8.83. The molecule has 4 heteroatoms. The predicted octanol–water partition coefficient (Wildman–Crippen LogP) is 13.6. The highest BCUT2D eigenvalue weighted by Crippen LogP contribution is 2.46. The molecule has 11 rings (SSSR count). The van der Waals surface area contributed by atoms with Gasteiger partial charge in [-0.05, 0) is 76.8 Å². The molecule has 0 aliphatic carbocycles. The summed E-state index contributed by atoms with van der Waals surface area (Å²) in [5.74, 6) is 0. The van der Waals surface area contributed by atoms with Crippen LogP contribution in [0.1, 0.15) is 0 Å². The summed E-state index contributed by atoms with van der Waals surface area (Å²) in [7, 11) is 0. The van der Waals surface area contributed by atoms with Crippen molar-refractivity contribution in [1.82, 2.24) is 0 Å². The van der Waals surface area contributed by atoms with E-state index >= 15 is 0 Å². The quantitative estimate of drug-likeness (QED) is 0.194. The maximum absolute atomic E-state index is 6.54. The van der Waals surface area contributed by atoms with Crippen molar-refractivity contribution in [3.05, 3.63) is 152 Å². The van der Waals surface area contributed by atoms with Gasteiger partial charge in [0.15, 0.2) is 0 Å². The van der Waals surface area contributed by atoms with Gasteiger partial charge in [-0.1, -0.05) is 84.9 Å². The zero-order valence-corrected chi connectivity index (χ0v) is 26.4. The number of hydrogen-bond donors (Lipinski definition) is 0. The third-order valence-electron chi connectivity index (χ3n) is 9.82. The van der Waals surface area contributed by atoms with E-state index in [0.29, 0.717) is 0 Å². The third-order valence-corrected chi connectivity index (χ3v) is 10.9. The van der Waals surface area contributed by atoms with Crippen LogP contribution in [0.15, 0.2) is 160 Å². The van der Waals surface area contributed by atoms with Gasteiger partial charge in [-0.15, -0.1) is 11.3 Å². The van der Waals surface area contributed by atoms with E-state index in [-0.39, 0.29) is 0 Å². The van der Waals surface area contributed by atoms with Crippen LogP contribution >= 0.6 is 11.3 Å². The lowest BCUT2D eigenvalue weighted by Crippen LogP contribution is -2.09. The number of para-hydroxylation sites is 1. The number of hydrogen-bond acceptors (Lipinski definition) is 4. The van der Waals surface area contributed by atoms with E-state index in [0.717, 1.165) is 55.6 Å². The summed E-state index contributed by atoms with van der Waals surface area (Å²) in [6.45, 7) is 0. The number of furan rings is 2. The molecule has 3 heterocycles. The van der Waals surface area contributed by atoms with E-state index in [9.17, 15) is 0 Å². The van der Waals surface area contributed by atoms with Gasteiger partial charge in [-0.25, -0.2) is 0 Å². The van der Waals surface area contributed by atoms with Crippen LogP contribution in [0, 0.1) is 0 Å². The van der Waals surface area contributed by atoms with E-state index in [2.05, 4.69) is 157 Å². The number of benzene rings is 8. The Balaban J connectivity index is 1.12. The summed E-state index contributed by atoms with van der Waals surface area (Å²) in [6, 6.07) is 54.0. The molecule has 8 aromatic carbocycles. The monoisotopic (exact) mass is 631 g/mol. The Morgan fingerprint density at radius 3 is 1.92 bits per heavy atom. The van der Waals surface area contributed by atoms with Crippen LogP contribution in [-0.2, 0) is 0 Å². The van der Waals surface area contributed by atoms with E-state index in [4.69, 9.17) is 8.83 Å². The van der Waals surface area contributed by atoms with Gasteiger partial charge in [0.05, 0.1) is 0 Å². The number of thiophene rings is 1. The van der Waals surface area contributed by atoms with Crippen LogP contribution in [0.5, 0.6) is 0 Å². The average Bonchev–Trinajstić information content (AvgIpc) is 3.83. The molecule has 11 aromatic rings. The lowest BCUT2D eigenvalue weighted by atomic mass is 10.0. The van der Waals surface area contributed by atoms with Crippen molar-refractivity contribution in [2.24, 2.45) is 0 Å². The fourth-order valence-electron chi connectivity index (χ4n) is 7.69. The molecule has 0 atom stereocenters. The molecule has 48 heavy (non-hydrogen) atoms. The van der Waals surface area contributed by atoms with E-state index in [1.165, 1.54) is 47.1 Å². The van der Waals surface area contributed by atoms with Gasteiger partial charge in [-0.3, -0.25) is 0 Å². The number of rotatable bonds is 3. The molecule has 0 aliphatic rings. The molecule has 0 aliphatic heterocycles. The van der Waals surface area contributed by atoms with Crippen LogP contribution in [0.4, 0.5) is 17.1 Å². The first-order valence-corrected chi connectivity index (χ1v) is 17.0. The van der Waals surface area contributed by atoms with Crippen molar-refractivity contribution in [3.63, 3.8) is 0 Å².